The van der Waals surface area contributed by atoms with E-state index in [1.54, 1.807) is 25.1 Å². The highest BCUT2D eigenvalue weighted by Gasteiger charge is 2.35. The normalized spacial score (nSPS) is 11.4. The monoisotopic (exact) mass is 1180 g/mol. The van der Waals surface area contributed by atoms with Crippen LogP contribution in [0.15, 0.2) is 90.2 Å². The molecule has 6 aromatic rings. The number of methoxy groups -OCH3 is 1. The Morgan fingerprint density at radius 1 is 0.671 bits per heavy atom. The molecule has 0 unspecified atom stereocenters. The molecule has 6 rings (SSSR count). The van der Waals surface area contributed by atoms with E-state index in [4.69, 9.17) is 78.6 Å². The summed E-state index contributed by atoms with van der Waals surface area (Å²) in [5.41, 5.74) is 1.04. The van der Waals surface area contributed by atoms with Crippen molar-refractivity contribution in [2.75, 3.05) is 84.2 Å². The molecule has 0 fully saturated rings. The van der Waals surface area contributed by atoms with Crippen LogP contribution < -0.4 is 18.5 Å². The molecule has 37 heteroatoms. The first-order chi connectivity index (χ1) is 39.5. The molecular weight excluding hydrogens is 1120 g/mol. The number of sulfonamides is 1. The van der Waals surface area contributed by atoms with Gasteiger partial charge < -0.3 is 47.4 Å². The molecule has 0 saturated carbocycles. The van der Waals surface area contributed by atoms with E-state index in [-0.39, 0.29) is 92.8 Å². The predicted octanol–water partition coefficient (Wildman–Crippen LogP) is 2.92. The smallest absolute Gasteiger partial charge is 0.493 e. The SMILES string of the molecule is COc1ccccc1Oc1c(OCCOC(=O)c2cccc(CON(O)O)c2)nc(-c2ccnc(-c3nnnn3COC(=O)OCCOCCON(O)O)c2)nc1N(COC(=O)OCCOCCON(O)O)S(=O)(=O)c1ccc(C)cn1. The number of aryl methyl sites for hydroxylation is 1. The number of hydrogen-bond acceptors (Lipinski definition) is 34. The number of tetrazole rings is 1. The molecule has 0 radical (unpaired) electrons. The molecule has 0 aliphatic carbocycles. The fourth-order valence-corrected chi connectivity index (χ4v) is 7.56. The van der Waals surface area contributed by atoms with Gasteiger partial charge in [0.15, 0.2) is 41.6 Å². The van der Waals surface area contributed by atoms with Crippen LogP contribution in [-0.2, 0) is 71.0 Å². The first-order valence-electron chi connectivity index (χ1n) is 23.5. The molecule has 0 bridgehead atoms. The lowest BCUT2D eigenvalue weighted by Gasteiger charge is -2.26. The third kappa shape index (κ3) is 19.6. The van der Waals surface area contributed by atoms with Gasteiger partial charge in [-0.1, -0.05) is 30.3 Å². The summed E-state index contributed by atoms with van der Waals surface area (Å²) in [5.74, 6) is -2.92. The summed E-state index contributed by atoms with van der Waals surface area (Å²) >= 11 is 0. The fraction of sp³-hybridized carbons (Fsp3) is 0.333. The molecule has 442 valence electrons. The van der Waals surface area contributed by atoms with Crippen LogP contribution in [0.25, 0.3) is 22.9 Å². The number of para-hydroxylation sites is 2. The van der Waals surface area contributed by atoms with Crippen molar-refractivity contribution in [2.24, 2.45) is 0 Å². The van der Waals surface area contributed by atoms with Gasteiger partial charge in [0.1, 0.15) is 32.1 Å². The van der Waals surface area contributed by atoms with Gasteiger partial charge in [-0.25, -0.2) is 43.2 Å². The number of carbonyl (C=O) groups excluding carboxylic acids is 3. The van der Waals surface area contributed by atoms with Crippen LogP contribution in [0.1, 0.15) is 21.5 Å². The molecule has 36 nitrogen and oxygen atoms in total. The zero-order valence-corrected chi connectivity index (χ0v) is 43.9. The zero-order chi connectivity index (χ0) is 58.9. The van der Waals surface area contributed by atoms with E-state index in [1.807, 2.05) is 0 Å². The van der Waals surface area contributed by atoms with Crippen LogP contribution in [0, 0.1) is 6.92 Å². The number of hydrogen-bond donors (Lipinski definition) is 6. The second-order valence-electron chi connectivity index (χ2n) is 15.6. The van der Waals surface area contributed by atoms with Gasteiger partial charge in [-0.15, -0.1) is 5.10 Å². The minimum Gasteiger partial charge on any atom is -0.493 e. The molecule has 0 aliphatic rings. The minimum absolute atomic E-state index is 0.00801. The van der Waals surface area contributed by atoms with Crippen molar-refractivity contribution in [2.45, 2.75) is 25.3 Å². The number of pyridine rings is 2. The number of carbonyl (C=O) groups is 3. The quantitative estimate of drug-likeness (QED) is 0.0111. The lowest BCUT2D eigenvalue weighted by atomic mass is 10.1. The number of aromatic nitrogens is 8. The topological polar surface area (TPSA) is 435 Å². The summed E-state index contributed by atoms with van der Waals surface area (Å²) in [6.07, 6.45) is -0.00409. The highest BCUT2D eigenvalue weighted by molar-refractivity contribution is 7.92. The lowest BCUT2D eigenvalue weighted by molar-refractivity contribution is -0.497. The second-order valence-corrected chi connectivity index (χ2v) is 17.4. The number of benzene rings is 2. The molecule has 4 heterocycles. The molecule has 6 N–H and O–H groups in total. The van der Waals surface area contributed by atoms with E-state index >= 15 is 0 Å². The molecule has 0 amide bonds. The Kier molecular flexibility index (Phi) is 24.5. The van der Waals surface area contributed by atoms with E-state index in [2.05, 4.69) is 50.0 Å². The molecule has 0 saturated heterocycles. The van der Waals surface area contributed by atoms with Gasteiger partial charge in [0, 0.05) is 18.0 Å². The molecule has 0 aliphatic heterocycles. The average Bonchev–Trinajstić information content (AvgIpc) is 3.57. The van der Waals surface area contributed by atoms with Crippen LogP contribution >= 0.6 is 0 Å². The maximum absolute atomic E-state index is 15.0. The number of rotatable bonds is 34. The van der Waals surface area contributed by atoms with Crippen LogP contribution in [0.4, 0.5) is 15.4 Å². The fourth-order valence-electron chi connectivity index (χ4n) is 6.36. The van der Waals surface area contributed by atoms with E-state index in [0.29, 0.717) is 15.4 Å². The number of nitrogens with zero attached hydrogens (tertiary/aromatic N) is 12. The van der Waals surface area contributed by atoms with Crippen LogP contribution in [0.2, 0.25) is 0 Å². The van der Waals surface area contributed by atoms with Crippen molar-refractivity contribution in [3.05, 3.63) is 102 Å². The molecule has 4 aromatic heterocycles. The number of esters is 1. The van der Waals surface area contributed by atoms with Gasteiger partial charge in [-0.2, -0.15) is 18.1 Å². The summed E-state index contributed by atoms with van der Waals surface area (Å²) in [6.45, 7) is -3.25. The third-order valence-corrected chi connectivity index (χ3v) is 11.6. The summed E-state index contributed by atoms with van der Waals surface area (Å²) < 4.78 is 86.1. The van der Waals surface area contributed by atoms with Crippen LogP contribution in [-0.4, -0.2) is 194 Å². The Labute approximate surface area is 462 Å². The Morgan fingerprint density at radius 2 is 1.34 bits per heavy atom. The Balaban J connectivity index is 1.38. The molecule has 0 atom stereocenters. The zero-order valence-electron chi connectivity index (χ0n) is 43.1. The van der Waals surface area contributed by atoms with E-state index in [1.165, 1.54) is 74.1 Å². The largest absolute Gasteiger partial charge is 0.510 e. The first-order valence-corrected chi connectivity index (χ1v) is 24.9. The standard InChI is InChI=1S/C45H52N12O24S/c1-30-10-11-37(47-26-30)82(67,68)54(29-77-45(60)75-19-15-71-17-23-79-56(63)64)41-38(81-36-9-4-3-8-35(36)69-2)42(72-20-21-73-43(58)33-7-5-6-31(24-33)27-80-57(65)66)49-39(48-41)32-12-13-46-34(25-32)40-50-51-52-53(40)28-76-44(59)74-18-14-70-16-22-78-55(61)62/h3-13,24-26,61-66H,14-23,27-29H2,1-2H3. The lowest BCUT2D eigenvalue weighted by Crippen LogP contribution is -2.36. The second kappa shape index (κ2) is 32.1. The highest BCUT2D eigenvalue weighted by atomic mass is 32.2. The van der Waals surface area contributed by atoms with Crippen molar-refractivity contribution in [3.63, 3.8) is 0 Å². The molecular formula is C45H52N12O24S. The highest BCUT2D eigenvalue weighted by Crippen LogP contribution is 2.44. The Morgan fingerprint density at radius 3 is 2.01 bits per heavy atom. The van der Waals surface area contributed by atoms with E-state index < -0.39 is 100 Å². The number of ether oxygens (including phenoxy) is 10. The van der Waals surface area contributed by atoms with E-state index in [9.17, 15) is 22.8 Å². The first kappa shape index (κ1) is 62.7. The third-order valence-electron chi connectivity index (χ3n) is 9.98. The maximum Gasteiger partial charge on any atom is 0.510 e. The van der Waals surface area contributed by atoms with Crippen molar-refractivity contribution < 1.29 is 116 Å². The Bertz CT molecular complexity index is 3110. The van der Waals surface area contributed by atoms with Crippen LogP contribution in [0.3, 0.4) is 0 Å². The Hall–Kier alpha value is -8.51. The van der Waals surface area contributed by atoms with Crippen molar-refractivity contribution >= 4 is 34.1 Å². The van der Waals surface area contributed by atoms with Crippen molar-refractivity contribution in [1.29, 1.82) is 0 Å². The van der Waals surface area contributed by atoms with Crippen LogP contribution in [0.5, 0.6) is 23.1 Å². The van der Waals surface area contributed by atoms with Crippen molar-refractivity contribution in [3.8, 4) is 46.0 Å². The summed E-state index contributed by atoms with van der Waals surface area (Å²) in [5, 5.41) is 61.9. The summed E-state index contributed by atoms with van der Waals surface area (Å²) in [7, 11) is -3.66. The minimum atomic E-state index is -5.00. The molecule has 2 aromatic carbocycles. The predicted molar refractivity (Wildman–Crippen MR) is 260 cm³/mol. The maximum atomic E-state index is 15.0. The molecule has 0 spiro atoms. The van der Waals surface area contributed by atoms with Gasteiger partial charge in [0.25, 0.3) is 15.9 Å². The van der Waals surface area contributed by atoms with E-state index in [0.717, 1.165) is 4.68 Å². The molecule has 82 heavy (non-hydrogen) atoms. The summed E-state index contributed by atoms with van der Waals surface area (Å²) in [4.78, 5) is 70.0. The van der Waals surface area contributed by atoms with Crippen molar-refractivity contribution in [1.82, 2.24) is 56.3 Å². The van der Waals surface area contributed by atoms with Gasteiger partial charge >= 0.3 is 18.3 Å². The van der Waals surface area contributed by atoms with Gasteiger partial charge in [0.05, 0.1) is 75.1 Å². The van der Waals surface area contributed by atoms with Gasteiger partial charge in [0.2, 0.25) is 11.6 Å². The van der Waals surface area contributed by atoms with Gasteiger partial charge in [-0.3, -0.25) is 36.2 Å². The number of anilines is 1. The average molecular weight is 1180 g/mol. The summed E-state index contributed by atoms with van der Waals surface area (Å²) in [6, 6.07) is 17.4. The van der Waals surface area contributed by atoms with Gasteiger partial charge in [-0.05, 0) is 70.9 Å².